The Hall–Kier alpha value is -2.43. The topological polar surface area (TPSA) is 55.3 Å². The Morgan fingerprint density at radius 1 is 1.19 bits per heavy atom. The zero-order valence-corrected chi connectivity index (χ0v) is 11.7. The molecule has 2 aromatic rings. The van der Waals surface area contributed by atoms with Crippen LogP contribution in [0.25, 0.3) is 0 Å². The molecule has 3 rings (SSSR count). The van der Waals surface area contributed by atoms with E-state index in [9.17, 15) is 4.79 Å². The molecule has 5 heteroatoms. The van der Waals surface area contributed by atoms with Gasteiger partial charge in [0.05, 0.1) is 19.2 Å². The molecule has 21 heavy (non-hydrogen) atoms. The van der Waals surface area contributed by atoms with Gasteiger partial charge in [-0.15, -0.1) is 0 Å². The van der Waals surface area contributed by atoms with Crippen molar-refractivity contribution in [2.24, 2.45) is 5.92 Å². The van der Waals surface area contributed by atoms with Crippen LogP contribution in [0.3, 0.4) is 0 Å². The Kier molecular flexibility index (Phi) is 4.09. The number of hydrogen-bond acceptors (Lipinski definition) is 4. The molecule has 1 saturated heterocycles. The van der Waals surface area contributed by atoms with Gasteiger partial charge in [-0.1, -0.05) is 6.07 Å². The Morgan fingerprint density at radius 3 is 2.62 bits per heavy atom. The minimum atomic E-state index is 0.153. The van der Waals surface area contributed by atoms with Crippen LogP contribution in [0.1, 0.15) is 5.56 Å². The highest BCUT2D eigenvalue weighted by atomic mass is 16.5. The number of ether oxygens (including phenoxy) is 1. The Balaban J connectivity index is 1.40. The zero-order chi connectivity index (χ0) is 14.5. The Morgan fingerprint density at radius 2 is 1.95 bits per heavy atom. The minimum absolute atomic E-state index is 0.153. The molecule has 0 aliphatic carbocycles. The summed E-state index contributed by atoms with van der Waals surface area (Å²) in [7, 11) is 0. The molecule has 2 aromatic heterocycles. The highest BCUT2D eigenvalue weighted by molar-refractivity contribution is 5.79. The van der Waals surface area contributed by atoms with E-state index in [0.29, 0.717) is 18.9 Å². The summed E-state index contributed by atoms with van der Waals surface area (Å²) in [6.45, 7) is 2.15. The average Bonchev–Trinajstić information content (AvgIpc) is 2.47. The molecule has 0 bridgehead atoms. The first-order valence-electron chi connectivity index (χ1n) is 7.01. The minimum Gasteiger partial charge on any atom is -0.492 e. The first kappa shape index (κ1) is 13.5. The second kappa shape index (κ2) is 6.35. The van der Waals surface area contributed by atoms with Crippen molar-refractivity contribution in [3.05, 3.63) is 54.6 Å². The van der Waals surface area contributed by atoms with Crippen molar-refractivity contribution >= 4 is 5.91 Å². The predicted molar refractivity (Wildman–Crippen MR) is 77.7 cm³/mol. The lowest BCUT2D eigenvalue weighted by atomic mass is 10.00. The van der Waals surface area contributed by atoms with Crippen molar-refractivity contribution in [3.8, 4) is 5.75 Å². The van der Waals surface area contributed by atoms with Crippen LogP contribution in [0.2, 0.25) is 0 Å². The lowest BCUT2D eigenvalue weighted by Gasteiger charge is -2.39. The maximum absolute atomic E-state index is 12.1. The molecular weight excluding hydrogens is 266 g/mol. The summed E-state index contributed by atoms with van der Waals surface area (Å²) in [5.41, 5.74) is 0.956. The maximum atomic E-state index is 12.1. The second-order valence-corrected chi connectivity index (χ2v) is 5.20. The second-order valence-electron chi connectivity index (χ2n) is 5.20. The van der Waals surface area contributed by atoms with E-state index in [1.807, 2.05) is 29.2 Å². The number of carbonyl (C=O) groups excluding carboxylic acids is 1. The van der Waals surface area contributed by atoms with Crippen molar-refractivity contribution < 1.29 is 9.53 Å². The van der Waals surface area contributed by atoms with E-state index in [1.165, 1.54) is 0 Å². The zero-order valence-electron chi connectivity index (χ0n) is 11.7. The quantitative estimate of drug-likeness (QED) is 0.835. The summed E-state index contributed by atoms with van der Waals surface area (Å²) in [5.74, 6) is 1.33. The Labute approximate surface area is 123 Å². The van der Waals surface area contributed by atoms with E-state index in [0.717, 1.165) is 24.4 Å². The third kappa shape index (κ3) is 3.56. The number of likely N-dealkylation sites (tertiary alicyclic amines) is 1. The van der Waals surface area contributed by atoms with Crippen molar-refractivity contribution in [2.75, 3.05) is 19.7 Å². The van der Waals surface area contributed by atoms with Crippen molar-refractivity contribution in [1.29, 1.82) is 0 Å². The highest BCUT2D eigenvalue weighted by Crippen LogP contribution is 2.18. The number of pyridine rings is 2. The summed E-state index contributed by atoms with van der Waals surface area (Å²) in [6.07, 6.45) is 7.28. The molecule has 0 atom stereocenters. The van der Waals surface area contributed by atoms with Gasteiger partial charge in [-0.3, -0.25) is 14.8 Å². The van der Waals surface area contributed by atoms with Crippen molar-refractivity contribution in [3.63, 3.8) is 0 Å². The number of amides is 1. The summed E-state index contributed by atoms with van der Waals surface area (Å²) in [4.78, 5) is 22.0. The van der Waals surface area contributed by atoms with E-state index in [4.69, 9.17) is 4.74 Å². The number of carbonyl (C=O) groups is 1. The molecule has 3 heterocycles. The van der Waals surface area contributed by atoms with Crippen LogP contribution in [-0.4, -0.2) is 40.5 Å². The summed E-state index contributed by atoms with van der Waals surface area (Å²) < 4.78 is 5.65. The van der Waals surface area contributed by atoms with Gasteiger partial charge in [-0.2, -0.15) is 0 Å². The number of aromatic nitrogens is 2. The average molecular weight is 283 g/mol. The lowest BCUT2D eigenvalue weighted by molar-refractivity contribution is -0.137. The fourth-order valence-electron chi connectivity index (χ4n) is 2.31. The van der Waals surface area contributed by atoms with E-state index in [2.05, 4.69) is 9.97 Å². The van der Waals surface area contributed by atoms with Crippen LogP contribution >= 0.6 is 0 Å². The molecule has 0 saturated carbocycles. The normalized spacial score (nSPS) is 14.6. The van der Waals surface area contributed by atoms with Gasteiger partial charge in [0, 0.05) is 37.6 Å². The molecule has 5 nitrogen and oxygen atoms in total. The van der Waals surface area contributed by atoms with Gasteiger partial charge in [-0.05, 0) is 23.8 Å². The first-order chi connectivity index (χ1) is 10.3. The molecule has 1 fully saturated rings. The van der Waals surface area contributed by atoms with Gasteiger partial charge in [0.25, 0.3) is 0 Å². The van der Waals surface area contributed by atoms with Crippen LogP contribution in [0.15, 0.2) is 49.1 Å². The maximum Gasteiger partial charge on any atom is 0.227 e. The molecule has 0 aromatic carbocycles. The molecule has 1 amide bonds. The predicted octanol–water partition coefficient (Wildman–Crippen LogP) is 1.56. The smallest absolute Gasteiger partial charge is 0.227 e. The number of nitrogens with zero attached hydrogens (tertiary/aromatic N) is 3. The highest BCUT2D eigenvalue weighted by Gasteiger charge is 2.30. The van der Waals surface area contributed by atoms with Gasteiger partial charge in [0.2, 0.25) is 5.91 Å². The van der Waals surface area contributed by atoms with Crippen LogP contribution in [0, 0.1) is 5.92 Å². The molecular formula is C16H17N3O2. The molecule has 0 spiro atoms. The van der Waals surface area contributed by atoms with Gasteiger partial charge in [0.1, 0.15) is 5.75 Å². The molecule has 0 N–H and O–H groups in total. The number of rotatable bonds is 5. The SMILES string of the molecule is O=C(Cc1cccnc1)N1CC(COc2cccnc2)C1. The summed E-state index contributed by atoms with van der Waals surface area (Å²) in [5, 5.41) is 0. The largest absolute Gasteiger partial charge is 0.492 e. The van der Waals surface area contributed by atoms with Gasteiger partial charge in [-0.25, -0.2) is 0 Å². The lowest BCUT2D eigenvalue weighted by Crippen LogP contribution is -2.52. The Bertz CT molecular complexity index is 583. The van der Waals surface area contributed by atoms with Crippen LogP contribution < -0.4 is 4.74 Å². The summed E-state index contributed by atoms with van der Waals surface area (Å²) >= 11 is 0. The summed E-state index contributed by atoms with van der Waals surface area (Å²) in [6, 6.07) is 7.51. The first-order valence-corrected chi connectivity index (χ1v) is 7.01. The monoisotopic (exact) mass is 283 g/mol. The third-order valence-corrected chi connectivity index (χ3v) is 3.51. The molecule has 1 aliphatic rings. The molecule has 0 radical (unpaired) electrons. The van der Waals surface area contributed by atoms with Crippen LogP contribution in [0.5, 0.6) is 5.75 Å². The van der Waals surface area contributed by atoms with E-state index in [-0.39, 0.29) is 5.91 Å². The van der Waals surface area contributed by atoms with E-state index < -0.39 is 0 Å². The van der Waals surface area contributed by atoms with Crippen LogP contribution in [-0.2, 0) is 11.2 Å². The van der Waals surface area contributed by atoms with Crippen molar-refractivity contribution in [1.82, 2.24) is 14.9 Å². The van der Waals surface area contributed by atoms with Crippen LogP contribution in [0.4, 0.5) is 0 Å². The van der Waals surface area contributed by atoms with Gasteiger partial charge >= 0.3 is 0 Å². The van der Waals surface area contributed by atoms with Crippen molar-refractivity contribution in [2.45, 2.75) is 6.42 Å². The number of hydrogen-bond donors (Lipinski definition) is 0. The van der Waals surface area contributed by atoms with Gasteiger partial charge in [0.15, 0.2) is 0 Å². The van der Waals surface area contributed by atoms with E-state index >= 15 is 0 Å². The molecule has 0 unspecified atom stereocenters. The third-order valence-electron chi connectivity index (χ3n) is 3.51. The standard InChI is InChI=1S/C16H17N3O2/c20-16(7-13-3-1-5-17-8-13)19-10-14(11-19)12-21-15-4-2-6-18-9-15/h1-6,8-9,14H,7,10-12H2. The van der Waals surface area contributed by atoms with E-state index in [1.54, 1.807) is 24.8 Å². The molecule has 1 aliphatic heterocycles. The van der Waals surface area contributed by atoms with Gasteiger partial charge < -0.3 is 9.64 Å². The molecule has 108 valence electrons. The fraction of sp³-hybridized carbons (Fsp3) is 0.312. The fourth-order valence-corrected chi connectivity index (χ4v) is 2.31.